The Morgan fingerprint density at radius 2 is 1.08 bits per heavy atom. The molecule has 0 N–H and O–H groups in total. The third-order valence-electron chi connectivity index (χ3n) is 9.11. The van der Waals surface area contributed by atoms with Crippen molar-refractivity contribution in [3.63, 3.8) is 0 Å². The lowest BCUT2D eigenvalue weighted by Gasteiger charge is -2.25. The molecular weight excluding hydrogens is 592 g/mol. The van der Waals surface area contributed by atoms with Gasteiger partial charge in [0.2, 0.25) is 5.89 Å². The van der Waals surface area contributed by atoms with E-state index in [2.05, 4.69) is 95.9 Å². The Kier molecular flexibility index (Phi) is 5.81. The normalized spacial score (nSPS) is 11.8. The molecule has 0 radical (unpaired) electrons. The van der Waals surface area contributed by atoms with E-state index in [-0.39, 0.29) is 0 Å². The fraction of sp³-hybridized carbons (Fsp3) is 0. The van der Waals surface area contributed by atoms with Gasteiger partial charge in [0, 0.05) is 33.5 Å². The van der Waals surface area contributed by atoms with Crippen LogP contribution in [0.15, 0.2) is 171 Å². The Balaban J connectivity index is 1.19. The van der Waals surface area contributed by atoms with Crippen molar-refractivity contribution in [3.8, 4) is 22.6 Å². The number of rotatable bonds is 5. The smallest absolute Gasteiger partial charge is 0.227 e. The molecule has 10 aromatic rings. The summed E-state index contributed by atoms with van der Waals surface area (Å²) in [4.78, 5) is 7.20. The predicted octanol–water partition coefficient (Wildman–Crippen LogP) is 12.4. The molecule has 0 aliphatic rings. The molecule has 0 spiro atoms. The van der Waals surface area contributed by atoms with Gasteiger partial charge in [-0.25, -0.2) is 4.98 Å². The van der Waals surface area contributed by atoms with Crippen molar-refractivity contribution in [2.24, 2.45) is 0 Å². The molecule has 3 heterocycles. The molecular formula is C43H26N2O3. The van der Waals surface area contributed by atoms with Crippen LogP contribution >= 0.6 is 0 Å². The summed E-state index contributed by atoms with van der Waals surface area (Å²) >= 11 is 0. The van der Waals surface area contributed by atoms with Gasteiger partial charge in [0.05, 0.1) is 16.8 Å². The Bertz CT molecular complexity index is 2770. The van der Waals surface area contributed by atoms with Gasteiger partial charge in [-0.15, -0.1) is 0 Å². The van der Waals surface area contributed by atoms with Crippen LogP contribution < -0.4 is 4.90 Å². The number of benzene rings is 7. The van der Waals surface area contributed by atoms with Crippen LogP contribution in [-0.2, 0) is 0 Å². The number of oxazole rings is 1. The third-order valence-corrected chi connectivity index (χ3v) is 9.11. The molecule has 0 aliphatic carbocycles. The molecule has 0 bridgehead atoms. The third kappa shape index (κ3) is 4.15. The SMILES string of the molecule is c1ccc(-c2ccc(N(c3ccc4c(c3)oc3ccccc34)c3cccc4c3oc3ccc5oc(-c6ccccc6)nc5c34)cc2)cc1. The van der Waals surface area contributed by atoms with E-state index in [1.807, 2.05) is 66.7 Å². The molecule has 0 unspecified atom stereocenters. The standard InChI is InChI=1S/C43H26N2O3/c1-3-10-27(11-4-1)28-18-20-30(21-19-28)45(31-22-23-33-32-14-7-8-17-36(32)46-39(33)26-31)35-16-9-15-34-40-37(47-42(34)35)24-25-38-41(40)44-43(48-38)29-12-5-2-6-13-29/h1-26H. The molecule has 48 heavy (non-hydrogen) atoms. The summed E-state index contributed by atoms with van der Waals surface area (Å²) in [5, 5.41) is 4.08. The maximum Gasteiger partial charge on any atom is 0.227 e. The van der Waals surface area contributed by atoms with Gasteiger partial charge in [-0.1, -0.05) is 91.0 Å². The van der Waals surface area contributed by atoms with Gasteiger partial charge >= 0.3 is 0 Å². The monoisotopic (exact) mass is 618 g/mol. The van der Waals surface area contributed by atoms with Crippen molar-refractivity contribution in [3.05, 3.63) is 158 Å². The first kappa shape index (κ1) is 26.6. The van der Waals surface area contributed by atoms with Crippen molar-refractivity contribution < 1.29 is 13.3 Å². The zero-order valence-corrected chi connectivity index (χ0v) is 25.6. The van der Waals surface area contributed by atoms with Crippen LogP contribution in [0.25, 0.3) is 77.6 Å². The Morgan fingerprint density at radius 1 is 0.417 bits per heavy atom. The highest BCUT2D eigenvalue weighted by Gasteiger charge is 2.23. The van der Waals surface area contributed by atoms with E-state index in [0.29, 0.717) is 5.89 Å². The Labute approximate surface area is 274 Å². The van der Waals surface area contributed by atoms with Crippen molar-refractivity contribution >= 4 is 72.0 Å². The molecule has 0 saturated heterocycles. The minimum atomic E-state index is 0.586. The summed E-state index contributed by atoms with van der Waals surface area (Å²) < 4.78 is 19.3. The number of nitrogens with zero attached hydrogens (tertiary/aromatic N) is 2. The van der Waals surface area contributed by atoms with Crippen LogP contribution in [0.1, 0.15) is 0 Å². The van der Waals surface area contributed by atoms with Crippen molar-refractivity contribution in [1.82, 2.24) is 4.98 Å². The van der Waals surface area contributed by atoms with Crippen molar-refractivity contribution in [2.45, 2.75) is 0 Å². The van der Waals surface area contributed by atoms with Crippen molar-refractivity contribution in [2.75, 3.05) is 4.90 Å². The summed E-state index contributed by atoms with van der Waals surface area (Å²) in [6.07, 6.45) is 0. The van der Waals surface area contributed by atoms with Crippen molar-refractivity contribution in [1.29, 1.82) is 0 Å². The molecule has 7 aromatic carbocycles. The average molecular weight is 619 g/mol. The molecule has 0 fully saturated rings. The number of hydrogen-bond donors (Lipinski definition) is 0. The average Bonchev–Trinajstić information content (AvgIpc) is 3.86. The van der Waals surface area contributed by atoms with E-state index in [9.17, 15) is 0 Å². The quantitative estimate of drug-likeness (QED) is 0.192. The summed E-state index contributed by atoms with van der Waals surface area (Å²) in [7, 11) is 0. The molecule has 0 saturated carbocycles. The number of para-hydroxylation sites is 2. The number of furan rings is 2. The molecule has 5 nitrogen and oxygen atoms in total. The number of fused-ring (bicyclic) bond motifs is 8. The predicted molar refractivity (Wildman–Crippen MR) is 194 cm³/mol. The molecule has 0 aliphatic heterocycles. The first-order chi connectivity index (χ1) is 23.8. The molecule has 0 amide bonds. The van der Waals surface area contributed by atoms with Gasteiger partial charge in [-0.3, -0.25) is 0 Å². The van der Waals surface area contributed by atoms with E-state index in [4.69, 9.17) is 18.2 Å². The Hall–Kier alpha value is -6.59. The van der Waals surface area contributed by atoms with Gasteiger partial charge in [0.15, 0.2) is 11.2 Å². The Morgan fingerprint density at radius 3 is 1.92 bits per heavy atom. The first-order valence-corrected chi connectivity index (χ1v) is 16.0. The maximum atomic E-state index is 6.71. The molecule has 5 heteroatoms. The van der Waals surface area contributed by atoms with Crippen LogP contribution in [0.2, 0.25) is 0 Å². The highest BCUT2D eigenvalue weighted by atomic mass is 16.4. The topological polar surface area (TPSA) is 55.6 Å². The van der Waals surface area contributed by atoms with Gasteiger partial charge in [0.25, 0.3) is 0 Å². The summed E-state index contributed by atoms with van der Waals surface area (Å²) in [6.45, 7) is 0. The summed E-state index contributed by atoms with van der Waals surface area (Å²) in [5.41, 5.74) is 10.8. The van der Waals surface area contributed by atoms with E-state index in [0.717, 1.165) is 83.2 Å². The second-order valence-corrected chi connectivity index (χ2v) is 12.0. The first-order valence-electron chi connectivity index (χ1n) is 16.0. The van der Waals surface area contributed by atoms with E-state index >= 15 is 0 Å². The van der Waals surface area contributed by atoms with Crippen LogP contribution in [0.3, 0.4) is 0 Å². The highest BCUT2D eigenvalue weighted by molar-refractivity contribution is 6.19. The highest BCUT2D eigenvalue weighted by Crippen LogP contribution is 2.45. The van der Waals surface area contributed by atoms with Gasteiger partial charge in [-0.2, -0.15) is 0 Å². The summed E-state index contributed by atoms with van der Waals surface area (Å²) in [5.74, 6) is 0.586. The fourth-order valence-electron chi connectivity index (χ4n) is 6.85. The largest absolute Gasteiger partial charge is 0.456 e. The van der Waals surface area contributed by atoms with Gasteiger partial charge in [-0.05, 0) is 71.8 Å². The van der Waals surface area contributed by atoms with Crippen LogP contribution in [0.5, 0.6) is 0 Å². The zero-order valence-electron chi connectivity index (χ0n) is 25.6. The number of anilines is 3. The van der Waals surface area contributed by atoms with E-state index in [1.165, 1.54) is 5.56 Å². The second-order valence-electron chi connectivity index (χ2n) is 12.0. The van der Waals surface area contributed by atoms with E-state index in [1.54, 1.807) is 0 Å². The fourth-order valence-corrected chi connectivity index (χ4v) is 6.85. The lowest BCUT2D eigenvalue weighted by Crippen LogP contribution is -2.10. The van der Waals surface area contributed by atoms with Gasteiger partial charge in [0.1, 0.15) is 22.3 Å². The summed E-state index contributed by atoms with van der Waals surface area (Å²) in [6, 6.07) is 53.8. The second kappa shape index (κ2) is 10.5. The number of aromatic nitrogens is 1. The molecule has 226 valence electrons. The molecule has 0 atom stereocenters. The zero-order chi connectivity index (χ0) is 31.6. The van der Waals surface area contributed by atoms with Crippen LogP contribution in [-0.4, -0.2) is 4.98 Å². The van der Waals surface area contributed by atoms with Crippen LogP contribution in [0.4, 0.5) is 17.1 Å². The lowest BCUT2D eigenvalue weighted by atomic mass is 10.0. The minimum Gasteiger partial charge on any atom is -0.456 e. The van der Waals surface area contributed by atoms with Crippen LogP contribution in [0, 0.1) is 0 Å². The maximum absolute atomic E-state index is 6.71. The van der Waals surface area contributed by atoms with E-state index < -0.39 is 0 Å². The van der Waals surface area contributed by atoms with Gasteiger partial charge < -0.3 is 18.2 Å². The minimum absolute atomic E-state index is 0.586. The lowest BCUT2D eigenvalue weighted by molar-refractivity contribution is 0.619. The number of hydrogen-bond acceptors (Lipinski definition) is 5. The molecule has 10 rings (SSSR count). The molecule has 3 aromatic heterocycles.